The zero-order valence-electron chi connectivity index (χ0n) is 18.1. The number of nitrogens with zero attached hydrogens (tertiary/aromatic N) is 1. The molecule has 5 rings (SSSR count). The van der Waals surface area contributed by atoms with Crippen LogP contribution in [0.1, 0.15) is 34.5 Å². The average Bonchev–Trinajstić information content (AvgIpc) is 3.56. The van der Waals surface area contributed by atoms with Crippen molar-refractivity contribution in [3.63, 3.8) is 0 Å². The van der Waals surface area contributed by atoms with E-state index in [1.165, 1.54) is 31.0 Å². The van der Waals surface area contributed by atoms with Gasteiger partial charge in [0.25, 0.3) is 11.8 Å². The van der Waals surface area contributed by atoms with Gasteiger partial charge in [-0.1, -0.05) is 18.2 Å². The van der Waals surface area contributed by atoms with E-state index in [9.17, 15) is 14.0 Å². The highest BCUT2D eigenvalue weighted by Crippen LogP contribution is 2.34. The Balaban J connectivity index is 1.33. The van der Waals surface area contributed by atoms with E-state index in [1.807, 2.05) is 24.3 Å². The Kier molecular flexibility index (Phi) is 5.79. The molecular weight excluding hydrogens is 421 g/mol. The Morgan fingerprint density at radius 3 is 2.76 bits per heavy atom. The number of rotatable bonds is 6. The molecule has 1 fully saturated rings. The standard InChI is InChI=1S/C26H24FN3O3/c27-22-9-7-17(25(31)28-11-14-30-12-3-4-13-30)15-21(22)24-10-8-18(33-24)16-20-19-5-1-2-6-23(19)29-26(20)32/h1-2,5-10,15-16H,3-4,11-14H2,(H,28,31)(H,29,32)/b20-16+. The van der Waals surface area contributed by atoms with Crippen LogP contribution < -0.4 is 10.6 Å². The van der Waals surface area contributed by atoms with Crippen molar-refractivity contribution in [1.29, 1.82) is 0 Å². The minimum Gasteiger partial charge on any atom is -0.457 e. The van der Waals surface area contributed by atoms with Gasteiger partial charge < -0.3 is 20.0 Å². The van der Waals surface area contributed by atoms with Crippen molar-refractivity contribution in [3.8, 4) is 11.3 Å². The molecule has 1 saturated heterocycles. The third kappa shape index (κ3) is 4.45. The number of benzene rings is 2. The summed E-state index contributed by atoms with van der Waals surface area (Å²) in [6.07, 6.45) is 4.04. The van der Waals surface area contributed by atoms with Crippen LogP contribution in [0.2, 0.25) is 0 Å². The summed E-state index contributed by atoms with van der Waals surface area (Å²) in [5.41, 5.74) is 2.59. The normalized spacial score (nSPS) is 16.8. The minimum atomic E-state index is -0.485. The summed E-state index contributed by atoms with van der Waals surface area (Å²) in [6.45, 7) is 3.50. The number of carbonyl (C=O) groups is 2. The van der Waals surface area contributed by atoms with E-state index < -0.39 is 5.82 Å². The van der Waals surface area contributed by atoms with Crippen LogP contribution in [-0.4, -0.2) is 42.9 Å². The van der Waals surface area contributed by atoms with Crippen LogP contribution in [0, 0.1) is 5.82 Å². The Labute approximate surface area is 191 Å². The summed E-state index contributed by atoms with van der Waals surface area (Å²) >= 11 is 0. The Morgan fingerprint density at radius 2 is 1.91 bits per heavy atom. The maximum atomic E-state index is 14.6. The summed E-state index contributed by atoms with van der Waals surface area (Å²) in [5.74, 6) is -0.234. The first-order valence-electron chi connectivity index (χ1n) is 11.1. The van der Waals surface area contributed by atoms with Crippen molar-refractivity contribution >= 4 is 29.2 Å². The summed E-state index contributed by atoms with van der Waals surface area (Å²) in [7, 11) is 0. The lowest BCUT2D eigenvalue weighted by Crippen LogP contribution is -2.33. The van der Waals surface area contributed by atoms with E-state index in [-0.39, 0.29) is 23.1 Å². The fourth-order valence-electron chi connectivity index (χ4n) is 4.29. The van der Waals surface area contributed by atoms with Crippen LogP contribution in [0.25, 0.3) is 23.0 Å². The molecule has 0 bridgehead atoms. The third-order valence-corrected chi connectivity index (χ3v) is 6.03. The molecule has 0 aliphatic carbocycles. The Bertz CT molecular complexity index is 1240. The number of furan rings is 1. The zero-order chi connectivity index (χ0) is 22.8. The van der Waals surface area contributed by atoms with E-state index in [2.05, 4.69) is 15.5 Å². The molecular formula is C26H24FN3O3. The topological polar surface area (TPSA) is 74.6 Å². The number of fused-ring (bicyclic) bond motifs is 1. The van der Waals surface area contributed by atoms with Crippen LogP contribution >= 0.6 is 0 Å². The Hall–Kier alpha value is -3.71. The van der Waals surface area contributed by atoms with Crippen LogP contribution in [0.15, 0.2) is 59.0 Å². The molecule has 0 atom stereocenters. The van der Waals surface area contributed by atoms with Gasteiger partial charge in [0.1, 0.15) is 17.3 Å². The van der Waals surface area contributed by atoms with Gasteiger partial charge in [0.15, 0.2) is 0 Å². The second kappa shape index (κ2) is 9.03. The monoisotopic (exact) mass is 445 g/mol. The highest BCUT2D eigenvalue weighted by atomic mass is 19.1. The molecule has 1 aromatic heterocycles. The van der Waals surface area contributed by atoms with Gasteiger partial charge in [-0.25, -0.2) is 4.39 Å². The molecule has 2 N–H and O–H groups in total. The molecule has 0 spiro atoms. The van der Waals surface area contributed by atoms with Gasteiger partial charge in [-0.05, 0) is 68.4 Å². The first-order chi connectivity index (χ1) is 16.1. The summed E-state index contributed by atoms with van der Waals surface area (Å²) in [5, 5.41) is 5.72. The van der Waals surface area contributed by atoms with Crippen LogP contribution in [-0.2, 0) is 4.79 Å². The fraction of sp³-hybridized carbons (Fsp3) is 0.231. The van der Waals surface area contributed by atoms with E-state index in [4.69, 9.17) is 4.42 Å². The predicted molar refractivity (Wildman–Crippen MR) is 125 cm³/mol. The number of halogens is 1. The molecule has 2 aliphatic heterocycles. The zero-order valence-corrected chi connectivity index (χ0v) is 18.1. The Morgan fingerprint density at radius 1 is 1.09 bits per heavy atom. The molecule has 0 saturated carbocycles. The minimum absolute atomic E-state index is 0.197. The molecule has 0 unspecified atom stereocenters. The van der Waals surface area contributed by atoms with Gasteiger partial charge in [-0.2, -0.15) is 0 Å². The van der Waals surface area contributed by atoms with Crippen LogP contribution in [0.4, 0.5) is 10.1 Å². The molecule has 7 heteroatoms. The fourth-order valence-corrected chi connectivity index (χ4v) is 4.29. The molecule has 3 aromatic rings. The van der Waals surface area contributed by atoms with Crippen molar-refractivity contribution in [2.24, 2.45) is 0 Å². The van der Waals surface area contributed by atoms with Crippen molar-refractivity contribution < 1.29 is 18.4 Å². The number of anilines is 1. The number of hydrogen-bond acceptors (Lipinski definition) is 4. The number of likely N-dealkylation sites (tertiary alicyclic amines) is 1. The molecule has 0 radical (unpaired) electrons. The van der Waals surface area contributed by atoms with Gasteiger partial charge in [0.05, 0.1) is 11.1 Å². The summed E-state index contributed by atoms with van der Waals surface area (Å²) in [4.78, 5) is 27.2. The third-order valence-electron chi connectivity index (χ3n) is 6.03. The maximum absolute atomic E-state index is 14.6. The predicted octanol–water partition coefficient (Wildman–Crippen LogP) is 4.40. The molecule has 2 aliphatic rings. The van der Waals surface area contributed by atoms with Gasteiger partial charge in [-0.15, -0.1) is 0 Å². The molecule has 2 amide bonds. The molecule has 168 valence electrons. The highest BCUT2D eigenvalue weighted by Gasteiger charge is 2.24. The van der Waals surface area contributed by atoms with Gasteiger partial charge in [0, 0.05) is 29.9 Å². The van der Waals surface area contributed by atoms with Gasteiger partial charge >= 0.3 is 0 Å². The second-order valence-electron chi connectivity index (χ2n) is 8.26. The number of hydrogen-bond donors (Lipinski definition) is 2. The lowest BCUT2D eigenvalue weighted by molar-refractivity contribution is -0.110. The lowest BCUT2D eigenvalue weighted by Gasteiger charge is -2.14. The maximum Gasteiger partial charge on any atom is 0.256 e. The van der Waals surface area contributed by atoms with Crippen molar-refractivity contribution in [2.45, 2.75) is 12.8 Å². The number of carbonyl (C=O) groups excluding carboxylic acids is 2. The number of amides is 2. The second-order valence-corrected chi connectivity index (χ2v) is 8.26. The first-order valence-corrected chi connectivity index (χ1v) is 11.1. The number of nitrogens with one attached hydrogen (secondary N) is 2. The summed E-state index contributed by atoms with van der Waals surface area (Å²) < 4.78 is 20.4. The van der Waals surface area contributed by atoms with E-state index in [0.29, 0.717) is 23.4 Å². The average molecular weight is 445 g/mol. The van der Waals surface area contributed by atoms with E-state index in [1.54, 1.807) is 18.2 Å². The SMILES string of the molecule is O=C1Nc2ccccc2/C1=C\c1ccc(-c2cc(C(=O)NCCN3CCCC3)ccc2F)o1. The number of para-hydroxylation sites is 1. The van der Waals surface area contributed by atoms with Gasteiger partial charge in [-0.3, -0.25) is 9.59 Å². The molecule has 6 nitrogen and oxygen atoms in total. The molecule has 2 aromatic carbocycles. The van der Waals surface area contributed by atoms with Gasteiger partial charge in [0.2, 0.25) is 0 Å². The largest absolute Gasteiger partial charge is 0.457 e. The molecule has 3 heterocycles. The molecule has 33 heavy (non-hydrogen) atoms. The summed E-state index contributed by atoms with van der Waals surface area (Å²) in [6, 6.07) is 14.9. The van der Waals surface area contributed by atoms with Crippen LogP contribution in [0.3, 0.4) is 0 Å². The van der Waals surface area contributed by atoms with Crippen molar-refractivity contribution in [2.75, 3.05) is 31.5 Å². The quantitative estimate of drug-likeness (QED) is 0.552. The van der Waals surface area contributed by atoms with Crippen molar-refractivity contribution in [1.82, 2.24) is 10.2 Å². The first kappa shape index (κ1) is 21.2. The van der Waals surface area contributed by atoms with E-state index >= 15 is 0 Å². The highest BCUT2D eigenvalue weighted by molar-refractivity contribution is 6.34. The van der Waals surface area contributed by atoms with Crippen LogP contribution in [0.5, 0.6) is 0 Å². The smallest absolute Gasteiger partial charge is 0.256 e. The van der Waals surface area contributed by atoms with E-state index in [0.717, 1.165) is 30.9 Å². The lowest BCUT2D eigenvalue weighted by atomic mass is 10.1. The van der Waals surface area contributed by atoms with Crippen molar-refractivity contribution in [3.05, 3.63) is 77.3 Å².